The molecule has 0 spiro atoms. The van der Waals surface area contributed by atoms with Crippen LogP contribution < -0.4 is 20.1 Å². The molecular weight excluding hydrogens is 410 g/mol. The van der Waals surface area contributed by atoms with Crippen molar-refractivity contribution < 1.29 is 13.9 Å². The molecule has 1 aliphatic heterocycles. The summed E-state index contributed by atoms with van der Waals surface area (Å²) in [6, 6.07) is 1.42. The summed E-state index contributed by atoms with van der Waals surface area (Å²) in [6.07, 6.45) is 1.47. The average Bonchev–Trinajstić information content (AvgIpc) is 2.87. The van der Waals surface area contributed by atoms with E-state index in [0.717, 1.165) is 0 Å². The number of methoxy groups -OCH3 is 1. The summed E-state index contributed by atoms with van der Waals surface area (Å²) in [4.78, 5) is 18.5. The fourth-order valence-electron chi connectivity index (χ4n) is 3.17. The van der Waals surface area contributed by atoms with E-state index in [1.807, 2.05) is 11.8 Å². The third-order valence-electron chi connectivity index (χ3n) is 4.53. The lowest BCUT2D eigenvalue weighted by Gasteiger charge is -2.30. The summed E-state index contributed by atoms with van der Waals surface area (Å²) in [6.45, 7) is 2.59. The van der Waals surface area contributed by atoms with Crippen LogP contribution in [0.4, 0.5) is 16.0 Å². The van der Waals surface area contributed by atoms with Gasteiger partial charge in [0, 0.05) is 11.8 Å². The van der Waals surface area contributed by atoms with Gasteiger partial charge in [-0.15, -0.1) is 0 Å². The smallest absolute Gasteiger partial charge is 0.318 e. The zero-order valence-electron chi connectivity index (χ0n) is 14.9. The van der Waals surface area contributed by atoms with Crippen LogP contribution in [0, 0.1) is 5.82 Å². The van der Waals surface area contributed by atoms with Gasteiger partial charge >= 0.3 is 6.01 Å². The van der Waals surface area contributed by atoms with Crippen molar-refractivity contribution in [3.05, 3.63) is 33.8 Å². The number of rotatable bonds is 3. The van der Waals surface area contributed by atoms with Crippen LogP contribution in [-0.2, 0) is 0 Å². The van der Waals surface area contributed by atoms with Gasteiger partial charge in [0.25, 0.3) is 0 Å². The van der Waals surface area contributed by atoms with Crippen molar-refractivity contribution in [2.75, 3.05) is 30.9 Å². The third kappa shape index (κ3) is 3.00. The predicted molar refractivity (Wildman–Crippen MR) is 104 cm³/mol. The number of nitrogens with two attached hydrogens (primary N) is 1. The topological polar surface area (TPSA) is 99.3 Å². The Morgan fingerprint density at radius 2 is 2.11 bits per heavy atom. The highest BCUT2D eigenvalue weighted by atomic mass is 35.5. The molecule has 0 aliphatic carbocycles. The average molecular weight is 425 g/mol. The first-order chi connectivity index (χ1) is 13.4. The second kappa shape index (κ2) is 7.06. The zero-order chi connectivity index (χ0) is 20.0. The Labute approximate surface area is 169 Å². The van der Waals surface area contributed by atoms with E-state index in [9.17, 15) is 4.39 Å². The molecule has 3 aromatic rings. The minimum absolute atomic E-state index is 0.00842. The SMILES string of the molecule is COc1nc2c3c(nc(Cl)c(F)c3n1)OCCN2C(C)c1cc(Cl)cnc1N. The molecule has 4 heterocycles. The van der Waals surface area contributed by atoms with E-state index in [-0.39, 0.29) is 35.2 Å². The fraction of sp³-hybridized carbons (Fsp3) is 0.294. The Balaban J connectivity index is 1.96. The summed E-state index contributed by atoms with van der Waals surface area (Å²) in [7, 11) is 1.40. The number of halogens is 3. The molecule has 1 unspecified atom stereocenters. The number of hydrogen-bond donors (Lipinski definition) is 1. The summed E-state index contributed by atoms with van der Waals surface area (Å²) >= 11 is 12.0. The van der Waals surface area contributed by atoms with Crippen LogP contribution in [0.5, 0.6) is 11.9 Å². The van der Waals surface area contributed by atoms with E-state index in [1.54, 1.807) is 6.07 Å². The predicted octanol–water partition coefficient (Wildman–Crippen LogP) is 3.42. The van der Waals surface area contributed by atoms with Crippen LogP contribution in [0.3, 0.4) is 0 Å². The maximum absolute atomic E-state index is 14.7. The van der Waals surface area contributed by atoms with E-state index in [0.29, 0.717) is 34.2 Å². The van der Waals surface area contributed by atoms with Gasteiger partial charge in [0.15, 0.2) is 11.0 Å². The monoisotopic (exact) mass is 424 g/mol. The molecule has 11 heteroatoms. The first-order valence-corrected chi connectivity index (χ1v) is 9.07. The van der Waals surface area contributed by atoms with E-state index in [2.05, 4.69) is 19.9 Å². The lowest BCUT2D eigenvalue weighted by atomic mass is 10.1. The van der Waals surface area contributed by atoms with E-state index >= 15 is 0 Å². The summed E-state index contributed by atoms with van der Waals surface area (Å²) in [5, 5.41) is 0.423. The Kier molecular flexibility index (Phi) is 4.72. The summed E-state index contributed by atoms with van der Waals surface area (Å²) < 4.78 is 25.5. The normalized spacial score (nSPS) is 14.5. The minimum atomic E-state index is -0.774. The van der Waals surface area contributed by atoms with E-state index in [4.69, 9.17) is 38.4 Å². The lowest BCUT2D eigenvalue weighted by molar-refractivity contribution is 0.316. The lowest BCUT2D eigenvalue weighted by Crippen LogP contribution is -2.31. The largest absolute Gasteiger partial charge is 0.475 e. The number of ether oxygens (including phenoxy) is 2. The number of pyridine rings is 2. The highest BCUT2D eigenvalue weighted by Crippen LogP contribution is 2.41. The van der Waals surface area contributed by atoms with Gasteiger partial charge in [-0.1, -0.05) is 23.2 Å². The standard InChI is InChI=1S/C17H15Cl2FN6O2/c1-7(9-5-8(18)6-22-14(9)21)26-3-4-28-16-10-12(11(20)13(19)24-16)23-17(27-2)25-15(10)26/h5-7H,3-4H2,1-2H3,(H2,21,22). The molecule has 1 aliphatic rings. The second-order valence-corrected chi connectivity index (χ2v) is 6.92. The van der Waals surface area contributed by atoms with Crippen molar-refractivity contribution >= 4 is 45.7 Å². The summed E-state index contributed by atoms with van der Waals surface area (Å²) in [5.41, 5.74) is 6.72. The molecule has 2 N–H and O–H groups in total. The van der Waals surface area contributed by atoms with Crippen molar-refractivity contribution in [3.8, 4) is 11.9 Å². The molecule has 28 heavy (non-hydrogen) atoms. The summed E-state index contributed by atoms with van der Waals surface area (Å²) in [5.74, 6) is 0.111. The molecule has 0 radical (unpaired) electrons. The zero-order valence-corrected chi connectivity index (χ0v) is 16.4. The van der Waals surface area contributed by atoms with E-state index < -0.39 is 5.82 Å². The first kappa shape index (κ1) is 18.7. The number of aromatic nitrogens is 4. The fourth-order valence-corrected chi connectivity index (χ4v) is 3.50. The molecule has 4 rings (SSSR count). The van der Waals surface area contributed by atoms with Gasteiger partial charge in [0.05, 0.1) is 24.7 Å². The molecule has 0 amide bonds. The molecule has 8 nitrogen and oxygen atoms in total. The van der Waals surface area contributed by atoms with Crippen LogP contribution in [0.25, 0.3) is 10.9 Å². The quantitative estimate of drug-likeness (QED) is 0.638. The molecule has 0 aromatic carbocycles. The van der Waals surface area contributed by atoms with E-state index in [1.165, 1.54) is 13.3 Å². The molecule has 146 valence electrons. The Hall–Kier alpha value is -2.65. The molecule has 0 saturated heterocycles. The Morgan fingerprint density at radius 1 is 1.32 bits per heavy atom. The number of nitrogen functional groups attached to an aromatic ring is 1. The molecule has 3 aromatic heterocycles. The Morgan fingerprint density at radius 3 is 2.86 bits per heavy atom. The van der Waals surface area contributed by atoms with Gasteiger partial charge in [0.2, 0.25) is 5.88 Å². The molecule has 0 saturated carbocycles. The maximum atomic E-state index is 14.7. The minimum Gasteiger partial charge on any atom is -0.475 e. The van der Waals surface area contributed by atoms with Crippen molar-refractivity contribution in [3.63, 3.8) is 0 Å². The van der Waals surface area contributed by atoms with Crippen LogP contribution in [-0.4, -0.2) is 40.2 Å². The number of anilines is 2. The maximum Gasteiger partial charge on any atom is 0.318 e. The highest BCUT2D eigenvalue weighted by molar-refractivity contribution is 6.30. The van der Waals surface area contributed by atoms with Crippen LogP contribution in [0.15, 0.2) is 12.3 Å². The van der Waals surface area contributed by atoms with Gasteiger partial charge in [0.1, 0.15) is 29.1 Å². The molecule has 1 atom stereocenters. The molecular formula is C17H15Cl2FN6O2. The Bertz CT molecular complexity index is 1080. The van der Waals surface area contributed by atoms with Crippen molar-refractivity contribution in [2.24, 2.45) is 0 Å². The number of hydrogen-bond acceptors (Lipinski definition) is 8. The van der Waals surface area contributed by atoms with Crippen molar-refractivity contribution in [2.45, 2.75) is 13.0 Å². The van der Waals surface area contributed by atoms with Gasteiger partial charge in [-0.3, -0.25) is 0 Å². The third-order valence-corrected chi connectivity index (χ3v) is 4.99. The molecule has 0 fully saturated rings. The van der Waals surface area contributed by atoms with Crippen LogP contribution >= 0.6 is 23.2 Å². The van der Waals surface area contributed by atoms with Crippen LogP contribution in [0.2, 0.25) is 10.2 Å². The number of nitrogens with zero attached hydrogens (tertiary/aromatic N) is 5. The first-order valence-electron chi connectivity index (χ1n) is 8.31. The van der Waals surface area contributed by atoms with Gasteiger partial charge in [-0.2, -0.15) is 15.0 Å². The molecule has 0 bridgehead atoms. The van der Waals surface area contributed by atoms with Crippen molar-refractivity contribution in [1.29, 1.82) is 0 Å². The van der Waals surface area contributed by atoms with Gasteiger partial charge in [-0.05, 0) is 13.0 Å². The highest BCUT2D eigenvalue weighted by Gasteiger charge is 2.30. The van der Waals surface area contributed by atoms with Gasteiger partial charge in [-0.25, -0.2) is 9.37 Å². The second-order valence-electron chi connectivity index (χ2n) is 6.13. The van der Waals surface area contributed by atoms with Crippen molar-refractivity contribution in [1.82, 2.24) is 19.9 Å². The van der Waals surface area contributed by atoms with Gasteiger partial charge < -0.3 is 20.1 Å². The van der Waals surface area contributed by atoms with Crippen LogP contribution in [0.1, 0.15) is 18.5 Å².